The third-order valence-corrected chi connectivity index (χ3v) is 7.37. The number of nitrogens with zero attached hydrogens (tertiary/aromatic N) is 1. The predicted octanol–water partition coefficient (Wildman–Crippen LogP) is 8.38. The van der Waals surface area contributed by atoms with Gasteiger partial charge in [0.05, 0.1) is 11.1 Å². The average molecular weight is 470 g/mol. The first kappa shape index (κ1) is 20.8. The number of hydrogen-bond acceptors (Lipinski definition) is 1. The summed E-state index contributed by atoms with van der Waals surface area (Å²) in [7, 11) is 1.87. The zero-order valence-electron chi connectivity index (χ0n) is 21.0. The zero-order valence-corrected chi connectivity index (χ0v) is 20.0. The van der Waals surface area contributed by atoms with Gasteiger partial charge in [0.25, 0.3) is 0 Å². The largest absolute Gasteiger partial charge is 0.454 e. The summed E-state index contributed by atoms with van der Waals surface area (Å²) in [6.07, 6.45) is 6.74. The van der Waals surface area contributed by atoms with E-state index in [0.29, 0.717) is 22.4 Å². The smallest absolute Gasteiger partial charge is 0.219 e. The molecule has 1 fully saturated rings. The first-order valence-electron chi connectivity index (χ1n) is 12.8. The SMILES string of the molecule is [2H]C1(c2ccc(-c3c(F)ccc4c3oc3c(-c5cc(F)cc[n+]5C)c(C)ccc34)cc2)CCCCC1. The zero-order chi connectivity index (χ0) is 25.0. The van der Waals surface area contributed by atoms with Gasteiger partial charge >= 0.3 is 0 Å². The molecule has 4 heteroatoms. The molecule has 0 spiro atoms. The van der Waals surface area contributed by atoms with E-state index in [1.807, 2.05) is 54.9 Å². The Kier molecular flexibility index (Phi) is 5.11. The molecule has 5 aromatic rings. The van der Waals surface area contributed by atoms with Crippen LogP contribution in [0.25, 0.3) is 44.3 Å². The van der Waals surface area contributed by atoms with Gasteiger partial charge in [-0.05, 0) is 54.5 Å². The predicted molar refractivity (Wildman–Crippen MR) is 136 cm³/mol. The lowest BCUT2D eigenvalue weighted by molar-refractivity contribution is -0.660. The Morgan fingerprint density at radius 1 is 0.857 bits per heavy atom. The van der Waals surface area contributed by atoms with E-state index in [1.165, 1.54) is 24.6 Å². The summed E-state index contributed by atoms with van der Waals surface area (Å²) in [5.41, 5.74) is 5.63. The van der Waals surface area contributed by atoms with Crippen LogP contribution >= 0.6 is 0 Å². The second-order valence-electron chi connectivity index (χ2n) is 9.62. The van der Waals surface area contributed by atoms with Gasteiger partial charge < -0.3 is 4.42 Å². The Hall–Kier alpha value is -3.53. The van der Waals surface area contributed by atoms with Crippen molar-refractivity contribution in [1.82, 2.24) is 0 Å². The van der Waals surface area contributed by atoms with Crippen molar-refractivity contribution in [3.63, 3.8) is 0 Å². The molecule has 0 N–H and O–H groups in total. The molecule has 2 aromatic heterocycles. The first-order chi connectivity index (χ1) is 17.4. The van der Waals surface area contributed by atoms with Crippen LogP contribution in [0.15, 0.2) is 71.3 Å². The van der Waals surface area contributed by atoms with E-state index in [1.54, 1.807) is 12.3 Å². The summed E-state index contributed by atoms with van der Waals surface area (Å²) >= 11 is 0. The van der Waals surface area contributed by atoms with E-state index in [9.17, 15) is 4.39 Å². The van der Waals surface area contributed by atoms with Gasteiger partial charge in [0, 0.05) is 24.3 Å². The van der Waals surface area contributed by atoms with E-state index in [4.69, 9.17) is 5.79 Å². The lowest BCUT2D eigenvalue weighted by Gasteiger charge is -2.22. The summed E-state index contributed by atoms with van der Waals surface area (Å²) in [5.74, 6) is -1.25. The molecule has 35 heavy (non-hydrogen) atoms. The van der Waals surface area contributed by atoms with Gasteiger partial charge in [-0.3, -0.25) is 0 Å². The van der Waals surface area contributed by atoms with Crippen molar-refractivity contribution in [1.29, 1.82) is 0 Å². The molecule has 0 bridgehead atoms. The first-order valence-corrected chi connectivity index (χ1v) is 12.3. The van der Waals surface area contributed by atoms with Crippen molar-refractivity contribution in [2.24, 2.45) is 7.05 Å². The minimum atomic E-state index is -0.562. The molecule has 0 radical (unpaired) electrons. The summed E-state index contributed by atoms with van der Waals surface area (Å²) < 4.78 is 46.7. The van der Waals surface area contributed by atoms with E-state index >= 15 is 4.39 Å². The lowest BCUT2D eigenvalue weighted by atomic mass is 9.83. The highest BCUT2D eigenvalue weighted by molar-refractivity contribution is 6.13. The lowest BCUT2D eigenvalue weighted by Crippen LogP contribution is -2.30. The maximum absolute atomic E-state index is 15.3. The van der Waals surface area contributed by atoms with Crippen LogP contribution in [0.3, 0.4) is 0 Å². The Labute approximate surface area is 205 Å². The molecule has 0 saturated heterocycles. The van der Waals surface area contributed by atoms with E-state index in [0.717, 1.165) is 58.7 Å². The van der Waals surface area contributed by atoms with Crippen LogP contribution in [-0.2, 0) is 7.05 Å². The molecule has 0 amide bonds. The van der Waals surface area contributed by atoms with Gasteiger partial charge in [-0.25, -0.2) is 13.3 Å². The fourth-order valence-electron chi connectivity index (χ4n) is 5.50. The Balaban J connectivity index is 1.55. The van der Waals surface area contributed by atoms with Crippen molar-refractivity contribution in [3.05, 3.63) is 89.6 Å². The van der Waals surface area contributed by atoms with Crippen molar-refractivity contribution in [3.8, 4) is 22.4 Å². The molecule has 1 aliphatic carbocycles. The monoisotopic (exact) mass is 469 g/mol. The maximum atomic E-state index is 15.3. The van der Waals surface area contributed by atoms with Crippen LogP contribution in [0.5, 0.6) is 0 Å². The highest BCUT2D eigenvalue weighted by atomic mass is 19.1. The van der Waals surface area contributed by atoms with Crippen molar-refractivity contribution < 1.29 is 19.1 Å². The second-order valence-corrected chi connectivity index (χ2v) is 9.62. The molecule has 1 saturated carbocycles. The van der Waals surface area contributed by atoms with Crippen LogP contribution in [0, 0.1) is 18.6 Å². The van der Waals surface area contributed by atoms with Crippen molar-refractivity contribution >= 4 is 21.9 Å². The average Bonchev–Trinajstić information content (AvgIpc) is 3.24. The van der Waals surface area contributed by atoms with Crippen LogP contribution < -0.4 is 4.57 Å². The van der Waals surface area contributed by atoms with E-state index in [-0.39, 0.29) is 11.6 Å². The molecule has 0 aliphatic heterocycles. The summed E-state index contributed by atoms with van der Waals surface area (Å²) in [6.45, 7) is 1.97. The topological polar surface area (TPSA) is 17.0 Å². The molecule has 6 rings (SSSR count). The minimum absolute atomic E-state index is 0.326. The Morgan fingerprint density at radius 2 is 1.54 bits per heavy atom. The number of hydrogen-bond donors (Lipinski definition) is 0. The van der Waals surface area contributed by atoms with Gasteiger partial charge in [0.2, 0.25) is 5.69 Å². The van der Waals surface area contributed by atoms with Gasteiger partial charge in [-0.2, -0.15) is 0 Å². The number of rotatable bonds is 3. The van der Waals surface area contributed by atoms with Crippen LogP contribution in [0.4, 0.5) is 8.78 Å². The van der Waals surface area contributed by atoms with Crippen LogP contribution in [-0.4, -0.2) is 0 Å². The standard InChI is InChI=1S/C31H28F2NO/c1-19-8-13-24-25-14-15-26(33)29(22-11-9-21(10-12-22)20-6-4-3-5-7-20)31(25)35-30(24)28(19)27-18-23(32)16-17-34(27)2/h8-18,20H,3-7H2,1-2H3/q+1/i20D. The number of furan rings is 1. The Morgan fingerprint density at radius 3 is 2.29 bits per heavy atom. The van der Waals surface area contributed by atoms with Gasteiger partial charge in [0.15, 0.2) is 6.20 Å². The molecule has 176 valence electrons. The highest BCUT2D eigenvalue weighted by Crippen LogP contribution is 2.42. The molecule has 2 nitrogen and oxygen atoms in total. The molecular formula is C31H28F2NO+. The van der Waals surface area contributed by atoms with Gasteiger partial charge in [-0.15, -0.1) is 0 Å². The van der Waals surface area contributed by atoms with Crippen molar-refractivity contribution in [2.75, 3.05) is 0 Å². The molecule has 3 aromatic carbocycles. The van der Waals surface area contributed by atoms with E-state index in [2.05, 4.69) is 0 Å². The highest BCUT2D eigenvalue weighted by Gasteiger charge is 2.24. The normalized spacial score (nSPS) is 16.1. The summed E-state index contributed by atoms with van der Waals surface area (Å²) in [4.78, 5) is 0. The molecular weight excluding hydrogens is 440 g/mol. The quantitative estimate of drug-likeness (QED) is 0.243. The molecule has 1 aliphatic rings. The fourth-order valence-corrected chi connectivity index (χ4v) is 5.50. The summed E-state index contributed by atoms with van der Waals surface area (Å²) in [5, 5.41) is 1.68. The third kappa shape index (κ3) is 3.72. The minimum Gasteiger partial charge on any atom is -0.454 e. The number of fused-ring (bicyclic) bond motifs is 3. The Bertz CT molecular complexity index is 1610. The third-order valence-electron chi connectivity index (χ3n) is 7.37. The fraction of sp³-hybridized carbons (Fsp3) is 0.258. The van der Waals surface area contributed by atoms with Crippen molar-refractivity contribution in [2.45, 2.75) is 44.9 Å². The number of aryl methyl sites for hydroxylation is 2. The molecule has 0 unspecified atom stereocenters. The maximum Gasteiger partial charge on any atom is 0.219 e. The number of halogens is 2. The number of aromatic nitrogens is 1. The molecule has 2 heterocycles. The summed E-state index contributed by atoms with van der Waals surface area (Å²) in [6, 6.07) is 17.9. The number of pyridine rings is 1. The van der Waals surface area contributed by atoms with Crippen LogP contribution in [0.2, 0.25) is 0 Å². The second kappa shape index (κ2) is 8.60. The van der Waals surface area contributed by atoms with Crippen LogP contribution in [0.1, 0.15) is 50.5 Å². The molecule has 0 atom stereocenters. The number of benzene rings is 3. The van der Waals surface area contributed by atoms with Gasteiger partial charge in [-0.1, -0.05) is 55.7 Å². The van der Waals surface area contributed by atoms with E-state index < -0.39 is 5.89 Å². The van der Waals surface area contributed by atoms with Gasteiger partial charge in [0.1, 0.15) is 29.8 Å².